The smallest absolute Gasteiger partial charge is 0.238 e. The van der Waals surface area contributed by atoms with Crippen molar-refractivity contribution in [1.29, 1.82) is 0 Å². The monoisotopic (exact) mass is 297 g/mol. The van der Waals surface area contributed by atoms with Crippen LogP contribution in [0.3, 0.4) is 0 Å². The van der Waals surface area contributed by atoms with Gasteiger partial charge in [-0.25, -0.2) is 13.6 Å². The summed E-state index contributed by atoms with van der Waals surface area (Å²) in [5.74, 6) is 0.921. The Morgan fingerprint density at radius 1 is 1.45 bits per heavy atom. The Balaban J connectivity index is 3.07. The molecule has 0 spiro atoms. The maximum absolute atomic E-state index is 11.4. The van der Waals surface area contributed by atoms with Crippen molar-refractivity contribution in [3.8, 4) is 5.75 Å². The highest BCUT2D eigenvalue weighted by Crippen LogP contribution is 2.31. The third-order valence-corrected chi connectivity index (χ3v) is 4.15. The maximum atomic E-state index is 11.4. The summed E-state index contributed by atoms with van der Waals surface area (Å²) in [7, 11) is -3.69. The van der Waals surface area contributed by atoms with E-state index in [0.29, 0.717) is 12.4 Å². The molecule has 2 N–H and O–H groups in total. The average Bonchev–Trinajstić information content (AvgIpc) is 2.36. The normalized spacial score (nSPS) is 13.0. The number of rotatable bonds is 7. The van der Waals surface area contributed by atoms with E-state index in [0.717, 1.165) is 24.0 Å². The van der Waals surface area contributed by atoms with Crippen molar-refractivity contribution in [1.82, 2.24) is 0 Å². The second kappa shape index (κ2) is 6.90. The van der Waals surface area contributed by atoms with Gasteiger partial charge >= 0.3 is 0 Å². The fourth-order valence-corrected chi connectivity index (χ4v) is 2.32. The first kappa shape index (κ1) is 16.7. The summed E-state index contributed by atoms with van der Waals surface area (Å²) in [5, 5.41) is 5.18. The zero-order valence-electron chi connectivity index (χ0n) is 12.3. The fraction of sp³-hybridized carbons (Fsp3) is 0.467. The number of nitrogens with two attached hydrogens (primary N) is 1. The second-order valence-electron chi connectivity index (χ2n) is 5.11. The van der Waals surface area contributed by atoms with Crippen LogP contribution in [0, 0.1) is 0 Å². The fourth-order valence-electron chi connectivity index (χ4n) is 1.78. The molecule has 0 radical (unpaired) electrons. The van der Waals surface area contributed by atoms with Crippen molar-refractivity contribution in [2.45, 2.75) is 44.4 Å². The summed E-state index contributed by atoms with van der Waals surface area (Å²) in [6, 6.07) is 4.77. The molecule has 1 rings (SSSR count). The van der Waals surface area contributed by atoms with E-state index in [1.54, 1.807) is 12.1 Å². The van der Waals surface area contributed by atoms with Gasteiger partial charge in [-0.05, 0) is 43.0 Å². The molecule has 1 atom stereocenters. The van der Waals surface area contributed by atoms with Crippen LogP contribution in [0.25, 0.3) is 0 Å². The molecule has 0 aromatic heterocycles. The predicted molar refractivity (Wildman–Crippen MR) is 81.4 cm³/mol. The molecule has 20 heavy (non-hydrogen) atoms. The average molecular weight is 297 g/mol. The molecule has 0 heterocycles. The molecule has 1 aromatic rings. The Hall–Kier alpha value is -1.33. The Bertz CT molecular complexity index is 579. The minimum Gasteiger partial charge on any atom is -0.493 e. The van der Waals surface area contributed by atoms with Gasteiger partial charge in [-0.1, -0.05) is 19.4 Å². The zero-order valence-corrected chi connectivity index (χ0v) is 13.2. The zero-order chi connectivity index (χ0) is 15.3. The van der Waals surface area contributed by atoms with Gasteiger partial charge in [0.25, 0.3) is 0 Å². The molecular weight excluding hydrogens is 274 g/mol. The molecule has 0 bridgehead atoms. The van der Waals surface area contributed by atoms with Crippen LogP contribution in [-0.4, -0.2) is 15.0 Å². The minimum absolute atomic E-state index is 0.125. The molecule has 1 aromatic carbocycles. The summed E-state index contributed by atoms with van der Waals surface area (Å²) >= 11 is 0. The number of hydrogen-bond acceptors (Lipinski definition) is 3. The Labute approximate surface area is 121 Å². The van der Waals surface area contributed by atoms with Gasteiger partial charge in [-0.15, -0.1) is 6.58 Å². The van der Waals surface area contributed by atoms with Gasteiger partial charge < -0.3 is 4.74 Å². The first-order chi connectivity index (χ1) is 9.25. The molecule has 0 saturated heterocycles. The van der Waals surface area contributed by atoms with E-state index in [9.17, 15) is 8.42 Å². The summed E-state index contributed by atoms with van der Waals surface area (Å²) in [6.07, 6.45) is 1.67. The Kier molecular flexibility index (Phi) is 5.77. The lowest BCUT2D eigenvalue weighted by Crippen LogP contribution is -2.13. The standard InChI is InChI=1S/C15H23NO3S/c1-5-12(4)14-10-13(20(16,17)18)6-7-15(14)19-9-8-11(2)3/h6-7,10,12H,2,5,8-9H2,1,3-4H3,(H2,16,17,18). The van der Waals surface area contributed by atoms with Gasteiger partial charge in [-0.2, -0.15) is 0 Å². The van der Waals surface area contributed by atoms with E-state index in [2.05, 4.69) is 6.58 Å². The topological polar surface area (TPSA) is 69.4 Å². The van der Waals surface area contributed by atoms with Crippen molar-refractivity contribution in [3.05, 3.63) is 35.9 Å². The summed E-state index contributed by atoms with van der Waals surface area (Å²) in [4.78, 5) is 0.125. The van der Waals surface area contributed by atoms with Gasteiger partial charge in [0.05, 0.1) is 11.5 Å². The largest absolute Gasteiger partial charge is 0.493 e. The quantitative estimate of drug-likeness (QED) is 0.786. The first-order valence-corrected chi connectivity index (χ1v) is 8.24. The van der Waals surface area contributed by atoms with E-state index in [-0.39, 0.29) is 10.8 Å². The highest BCUT2D eigenvalue weighted by Gasteiger charge is 2.15. The number of sulfonamides is 1. The second-order valence-corrected chi connectivity index (χ2v) is 6.67. The van der Waals surface area contributed by atoms with E-state index < -0.39 is 10.0 Å². The molecular formula is C15H23NO3S. The highest BCUT2D eigenvalue weighted by molar-refractivity contribution is 7.89. The van der Waals surface area contributed by atoms with Gasteiger partial charge in [0.2, 0.25) is 10.0 Å². The summed E-state index contributed by atoms with van der Waals surface area (Å²) < 4.78 is 28.6. The van der Waals surface area contributed by atoms with Crippen LogP contribution >= 0.6 is 0 Å². The van der Waals surface area contributed by atoms with E-state index in [4.69, 9.17) is 9.88 Å². The van der Waals surface area contributed by atoms with E-state index >= 15 is 0 Å². The van der Waals surface area contributed by atoms with Crippen LogP contribution in [0.2, 0.25) is 0 Å². The van der Waals surface area contributed by atoms with Crippen LogP contribution in [0.15, 0.2) is 35.2 Å². The summed E-state index contributed by atoms with van der Waals surface area (Å²) in [5.41, 5.74) is 1.93. The third kappa shape index (κ3) is 4.65. The lowest BCUT2D eigenvalue weighted by molar-refractivity contribution is 0.316. The maximum Gasteiger partial charge on any atom is 0.238 e. The molecule has 0 amide bonds. The third-order valence-electron chi connectivity index (χ3n) is 3.24. The predicted octanol–water partition coefficient (Wildman–Crippen LogP) is 3.19. The van der Waals surface area contributed by atoms with Crippen LogP contribution in [-0.2, 0) is 10.0 Å². The Morgan fingerprint density at radius 3 is 2.60 bits per heavy atom. The van der Waals surface area contributed by atoms with Crippen molar-refractivity contribution in [2.75, 3.05) is 6.61 Å². The van der Waals surface area contributed by atoms with Crippen molar-refractivity contribution in [3.63, 3.8) is 0 Å². The molecule has 4 nitrogen and oxygen atoms in total. The van der Waals surface area contributed by atoms with E-state index in [1.165, 1.54) is 6.07 Å². The van der Waals surface area contributed by atoms with Gasteiger partial charge in [0, 0.05) is 6.42 Å². The van der Waals surface area contributed by atoms with E-state index in [1.807, 2.05) is 20.8 Å². The van der Waals surface area contributed by atoms with Gasteiger partial charge in [-0.3, -0.25) is 0 Å². The van der Waals surface area contributed by atoms with Crippen LogP contribution < -0.4 is 9.88 Å². The van der Waals surface area contributed by atoms with Crippen molar-refractivity contribution < 1.29 is 13.2 Å². The minimum atomic E-state index is -3.69. The van der Waals surface area contributed by atoms with Gasteiger partial charge in [0.1, 0.15) is 5.75 Å². The Morgan fingerprint density at radius 2 is 2.10 bits per heavy atom. The first-order valence-electron chi connectivity index (χ1n) is 6.69. The lowest BCUT2D eigenvalue weighted by atomic mass is 9.98. The number of hydrogen-bond donors (Lipinski definition) is 1. The molecule has 5 heteroatoms. The number of ether oxygens (including phenoxy) is 1. The van der Waals surface area contributed by atoms with Crippen molar-refractivity contribution >= 4 is 10.0 Å². The SMILES string of the molecule is C=C(C)CCOc1ccc(S(N)(=O)=O)cc1C(C)CC. The number of benzene rings is 1. The highest BCUT2D eigenvalue weighted by atomic mass is 32.2. The molecule has 1 unspecified atom stereocenters. The van der Waals surface area contributed by atoms with Crippen LogP contribution in [0.1, 0.15) is 45.1 Å². The van der Waals surface area contributed by atoms with Gasteiger partial charge in [0.15, 0.2) is 0 Å². The van der Waals surface area contributed by atoms with Crippen LogP contribution in [0.5, 0.6) is 5.75 Å². The van der Waals surface area contributed by atoms with Crippen LogP contribution in [0.4, 0.5) is 0 Å². The summed E-state index contributed by atoms with van der Waals surface area (Å²) in [6.45, 7) is 10.4. The van der Waals surface area contributed by atoms with Crippen molar-refractivity contribution in [2.24, 2.45) is 5.14 Å². The number of primary sulfonamides is 1. The molecule has 0 fully saturated rings. The molecule has 0 aliphatic heterocycles. The molecule has 0 aliphatic rings. The molecule has 0 aliphatic carbocycles. The lowest BCUT2D eigenvalue weighted by Gasteiger charge is -2.17. The molecule has 112 valence electrons. The molecule has 0 saturated carbocycles.